The van der Waals surface area contributed by atoms with E-state index >= 15 is 0 Å². The van der Waals surface area contributed by atoms with Gasteiger partial charge in [0.1, 0.15) is 6.04 Å². The molecule has 0 saturated heterocycles. The van der Waals surface area contributed by atoms with Crippen molar-refractivity contribution >= 4 is 29.6 Å². The Balaban J connectivity index is 1.56. The van der Waals surface area contributed by atoms with E-state index < -0.39 is 6.04 Å². The van der Waals surface area contributed by atoms with Crippen LogP contribution in [-0.2, 0) is 22.6 Å². The van der Waals surface area contributed by atoms with Gasteiger partial charge in [0, 0.05) is 24.1 Å². The predicted molar refractivity (Wildman–Crippen MR) is 161 cm³/mol. The number of carbonyl (C=O) groups is 2. The number of hydrogen-bond acceptors (Lipinski definition) is 6. The smallest absolute Gasteiger partial charge is 0.242 e. The van der Waals surface area contributed by atoms with Crippen molar-refractivity contribution in [3.8, 4) is 11.1 Å². The molecule has 0 fully saturated rings. The summed E-state index contributed by atoms with van der Waals surface area (Å²) in [6, 6.07) is 25.4. The fourth-order valence-electron chi connectivity index (χ4n) is 4.56. The molecule has 4 rings (SSSR count). The molecular weight excluding hydrogens is 520 g/mol. The molecule has 8 heteroatoms. The van der Waals surface area contributed by atoms with E-state index in [0.29, 0.717) is 12.4 Å². The lowest BCUT2D eigenvalue weighted by Gasteiger charge is -2.33. The third-order valence-electron chi connectivity index (χ3n) is 6.92. The Hall–Kier alpha value is -4.04. The molecular formula is C32H36N4O3S. The minimum absolute atomic E-state index is 0.0489. The van der Waals surface area contributed by atoms with E-state index in [1.165, 1.54) is 11.9 Å². The lowest BCUT2D eigenvalue weighted by atomic mass is 9.98. The van der Waals surface area contributed by atoms with Crippen LogP contribution in [0.4, 0.5) is 5.88 Å². The van der Waals surface area contributed by atoms with Crippen molar-refractivity contribution in [2.24, 2.45) is 5.92 Å². The van der Waals surface area contributed by atoms with E-state index in [1.54, 1.807) is 11.9 Å². The van der Waals surface area contributed by atoms with Crippen LogP contribution in [-0.4, -0.2) is 35.0 Å². The molecule has 2 N–H and O–H groups in total. The predicted octanol–water partition coefficient (Wildman–Crippen LogP) is 6.42. The standard InChI is InChI=1S/C32H36N4O3S/c1-21(2)30(31(38)33-5)36(29(37)19-24-11-7-6-8-12-24)20-25-15-17-26(18-16-25)27-13-9-10-14-28(27)40-35-32-22(3)23(4)34-39-32/h6-18,21,30,35H,19-20H2,1-5H3,(H,33,38). The van der Waals surface area contributed by atoms with Crippen molar-refractivity contribution in [3.63, 3.8) is 0 Å². The molecule has 1 heterocycles. The van der Waals surface area contributed by atoms with Gasteiger partial charge in [-0.05, 0) is 60.0 Å². The van der Waals surface area contributed by atoms with Gasteiger partial charge in [0.05, 0.1) is 12.1 Å². The van der Waals surface area contributed by atoms with Crippen molar-refractivity contribution in [1.82, 2.24) is 15.4 Å². The van der Waals surface area contributed by atoms with Gasteiger partial charge in [-0.1, -0.05) is 91.8 Å². The molecule has 0 aliphatic carbocycles. The maximum Gasteiger partial charge on any atom is 0.242 e. The van der Waals surface area contributed by atoms with E-state index in [4.69, 9.17) is 4.52 Å². The number of carbonyl (C=O) groups excluding carboxylic acids is 2. The van der Waals surface area contributed by atoms with E-state index in [0.717, 1.165) is 38.4 Å². The zero-order valence-corrected chi connectivity index (χ0v) is 24.4. The van der Waals surface area contributed by atoms with Gasteiger partial charge in [-0.15, -0.1) is 0 Å². The summed E-state index contributed by atoms with van der Waals surface area (Å²) in [5.74, 6) is 0.350. The Kier molecular flexibility index (Phi) is 9.66. The van der Waals surface area contributed by atoms with Gasteiger partial charge in [0.25, 0.3) is 0 Å². The zero-order chi connectivity index (χ0) is 28.6. The second kappa shape index (κ2) is 13.3. The van der Waals surface area contributed by atoms with Crippen LogP contribution < -0.4 is 10.0 Å². The first-order valence-electron chi connectivity index (χ1n) is 13.4. The summed E-state index contributed by atoms with van der Waals surface area (Å²) in [7, 11) is 1.61. The van der Waals surface area contributed by atoms with Crippen LogP contribution in [0.1, 0.15) is 36.2 Å². The van der Waals surface area contributed by atoms with E-state index in [1.807, 2.05) is 82.3 Å². The number of aryl methyl sites for hydroxylation is 1. The summed E-state index contributed by atoms with van der Waals surface area (Å²) >= 11 is 1.47. The van der Waals surface area contributed by atoms with Crippen LogP contribution in [0.3, 0.4) is 0 Å². The minimum Gasteiger partial charge on any atom is -0.357 e. The molecule has 4 aromatic rings. The SMILES string of the molecule is CNC(=O)C(C(C)C)N(Cc1ccc(-c2ccccc2SNc2onc(C)c2C)cc1)C(=O)Cc1ccccc1. The van der Waals surface area contributed by atoms with Crippen LogP contribution in [0.2, 0.25) is 0 Å². The van der Waals surface area contributed by atoms with Crippen LogP contribution in [0, 0.1) is 19.8 Å². The molecule has 0 bridgehead atoms. The number of nitrogens with zero attached hydrogens (tertiary/aromatic N) is 2. The third kappa shape index (κ3) is 6.93. The molecule has 3 aromatic carbocycles. The Morgan fingerprint density at radius 1 is 0.925 bits per heavy atom. The lowest BCUT2D eigenvalue weighted by molar-refractivity contribution is -0.142. The largest absolute Gasteiger partial charge is 0.357 e. The summed E-state index contributed by atoms with van der Waals surface area (Å²) in [6.07, 6.45) is 0.237. The topological polar surface area (TPSA) is 87.5 Å². The Morgan fingerprint density at radius 3 is 2.23 bits per heavy atom. The highest BCUT2D eigenvalue weighted by Crippen LogP contribution is 2.33. The minimum atomic E-state index is -0.577. The maximum absolute atomic E-state index is 13.6. The van der Waals surface area contributed by atoms with Gasteiger partial charge in [-0.3, -0.25) is 14.3 Å². The highest BCUT2D eigenvalue weighted by atomic mass is 32.2. The van der Waals surface area contributed by atoms with E-state index in [-0.39, 0.29) is 24.2 Å². The molecule has 0 spiro atoms. The second-order valence-electron chi connectivity index (χ2n) is 10.1. The number of hydrogen-bond donors (Lipinski definition) is 2. The highest BCUT2D eigenvalue weighted by molar-refractivity contribution is 8.00. The Labute approximate surface area is 240 Å². The molecule has 0 aliphatic heterocycles. The molecule has 0 radical (unpaired) electrons. The van der Waals surface area contributed by atoms with Gasteiger partial charge in [0.2, 0.25) is 17.7 Å². The summed E-state index contributed by atoms with van der Waals surface area (Å²) in [5, 5.41) is 6.76. The maximum atomic E-state index is 13.6. The van der Waals surface area contributed by atoms with Crippen LogP contribution in [0.15, 0.2) is 88.3 Å². The molecule has 0 saturated carbocycles. The molecule has 208 valence electrons. The number of aromatic nitrogens is 1. The molecule has 40 heavy (non-hydrogen) atoms. The van der Waals surface area contributed by atoms with Crippen LogP contribution in [0.5, 0.6) is 0 Å². The van der Waals surface area contributed by atoms with Gasteiger partial charge < -0.3 is 14.7 Å². The molecule has 0 aliphatic rings. The number of likely N-dealkylation sites (N-methyl/N-ethyl adjacent to an activating group) is 1. The Morgan fingerprint density at radius 2 is 1.60 bits per heavy atom. The van der Waals surface area contributed by atoms with Gasteiger partial charge in [-0.2, -0.15) is 0 Å². The summed E-state index contributed by atoms with van der Waals surface area (Å²) in [5.41, 5.74) is 5.84. The number of benzene rings is 3. The van der Waals surface area contributed by atoms with E-state index in [9.17, 15) is 9.59 Å². The second-order valence-corrected chi connectivity index (χ2v) is 11.0. The molecule has 1 unspecified atom stereocenters. The number of amides is 2. The van der Waals surface area contributed by atoms with Crippen molar-refractivity contribution in [1.29, 1.82) is 0 Å². The first-order valence-corrected chi connectivity index (χ1v) is 14.2. The first-order chi connectivity index (χ1) is 19.3. The quantitative estimate of drug-likeness (QED) is 0.207. The lowest BCUT2D eigenvalue weighted by Crippen LogP contribution is -2.51. The van der Waals surface area contributed by atoms with Gasteiger partial charge >= 0.3 is 0 Å². The normalized spacial score (nSPS) is 11.8. The van der Waals surface area contributed by atoms with Gasteiger partial charge in [0.15, 0.2) is 0 Å². The summed E-state index contributed by atoms with van der Waals surface area (Å²) < 4.78 is 8.66. The molecule has 1 atom stereocenters. The van der Waals surface area contributed by atoms with Gasteiger partial charge in [-0.25, -0.2) is 0 Å². The number of rotatable bonds is 11. The monoisotopic (exact) mass is 556 g/mol. The highest BCUT2D eigenvalue weighted by Gasteiger charge is 2.32. The summed E-state index contributed by atoms with van der Waals surface area (Å²) in [4.78, 5) is 29.2. The van der Waals surface area contributed by atoms with Crippen molar-refractivity contribution in [2.75, 3.05) is 11.8 Å². The zero-order valence-electron chi connectivity index (χ0n) is 23.6. The molecule has 1 aromatic heterocycles. The average molecular weight is 557 g/mol. The number of nitrogens with one attached hydrogen (secondary N) is 2. The van der Waals surface area contributed by atoms with Crippen LogP contribution >= 0.6 is 11.9 Å². The first kappa shape index (κ1) is 29.0. The fraction of sp³-hybridized carbons (Fsp3) is 0.281. The van der Waals surface area contributed by atoms with Crippen LogP contribution in [0.25, 0.3) is 11.1 Å². The summed E-state index contributed by atoms with van der Waals surface area (Å²) in [6.45, 7) is 8.16. The Bertz CT molecular complexity index is 1430. The average Bonchev–Trinajstić information content (AvgIpc) is 3.29. The molecule has 2 amide bonds. The van der Waals surface area contributed by atoms with E-state index in [2.05, 4.69) is 39.5 Å². The van der Waals surface area contributed by atoms with Crippen molar-refractivity contribution < 1.29 is 14.1 Å². The van der Waals surface area contributed by atoms with Crippen molar-refractivity contribution in [3.05, 3.63) is 101 Å². The molecule has 7 nitrogen and oxygen atoms in total. The third-order valence-corrected chi connectivity index (χ3v) is 7.78. The number of anilines is 1. The van der Waals surface area contributed by atoms with Crippen molar-refractivity contribution in [2.45, 2.75) is 51.6 Å². The fourth-order valence-corrected chi connectivity index (χ4v) is 5.39.